The minimum absolute atomic E-state index is 1.18. The number of unbranched alkanes of at least 4 members (excludes halogenated alkanes) is 2. The van der Waals surface area contributed by atoms with E-state index in [0.717, 1.165) is 0 Å². The number of hydrogen-bond acceptors (Lipinski definition) is 0. The van der Waals surface area contributed by atoms with Gasteiger partial charge in [-0.3, -0.25) is 0 Å². The Hall–Kier alpha value is -0.780. The van der Waals surface area contributed by atoms with Crippen molar-refractivity contribution in [3.63, 3.8) is 0 Å². The maximum absolute atomic E-state index is 2.38. The lowest BCUT2D eigenvalue weighted by Gasteiger charge is -2.22. The Bertz CT molecular complexity index is 328. The highest BCUT2D eigenvalue weighted by Crippen LogP contribution is 2.33. The Balaban J connectivity index is 2.75. The molecule has 0 fully saturated rings. The van der Waals surface area contributed by atoms with Crippen LogP contribution in [0.3, 0.4) is 0 Å². The monoisotopic (exact) mass is 260 g/mol. The van der Waals surface area contributed by atoms with Gasteiger partial charge in [0.15, 0.2) is 0 Å². The van der Waals surface area contributed by atoms with Crippen molar-refractivity contribution in [3.8, 4) is 0 Å². The van der Waals surface area contributed by atoms with Crippen LogP contribution in [-0.4, -0.2) is 0 Å². The zero-order valence-electron chi connectivity index (χ0n) is 13.3. The van der Waals surface area contributed by atoms with E-state index < -0.39 is 0 Å². The number of allylic oxidation sites excluding steroid dienone is 6. The molecule has 0 unspecified atom stereocenters. The van der Waals surface area contributed by atoms with Crippen molar-refractivity contribution in [1.82, 2.24) is 0 Å². The highest BCUT2D eigenvalue weighted by atomic mass is 14.2. The minimum Gasteiger partial charge on any atom is -0.0845 e. The van der Waals surface area contributed by atoms with Gasteiger partial charge in [0.05, 0.1) is 0 Å². The summed E-state index contributed by atoms with van der Waals surface area (Å²) in [5.74, 6) is 0. The summed E-state index contributed by atoms with van der Waals surface area (Å²) < 4.78 is 0. The fraction of sp³-hybridized carbons (Fsp3) is 0.684. The second kappa shape index (κ2) is 10.1. The third-order valence-corrected chi connectivity index (χ3v) is 4.06. The molecular weight excluding hydrogens is 228 g/mol. The van der Waals surface area contributed by atoms with Crippen LogP contribution >= 0.6 is 0 Å². The summed E-state index contributed by atoms with van der Waals surface area (Å²) in [4.78, 5) is 0. The summed E-state index contributed by atoms with van der Waals surface area (Å²) in [5.41, 5.74) is 5.05. The summed E-state index contributed by atoms with van der Waals surface area (Å²) >= 11 is 0. The van der Waals surface area contributed by atoms with Crippen molar-refractivity contribution in [1.29, 1.82) is 0 Å². The molecule has 0 nitrogen and oxygen atoms in total. The summed E-state index contributed by atoms with van der Waals surface area (Å²) in [7, 11) is 0. The Labute approximate surface area is 120 Å². The van der Waals surface area contributed by atoms with E-state index in [0.29, 0.717) is 0 Å². The first-order chi connectivity index (χ1) is 9.33. The van der Waals surface area contributed by atoms with Crippen molar-refractivity contribution >= 4 is 0 Å². The third kappa shape index (κ3) is 5.80. The lowest BCUT2D eigenvalue weighted by atomic mass is 9.84. The average molecular weight is 260 g/mol. The van der Waals surface area contributed by atoms with Gasteiger partial charge in [-0.2, -0.15) is 0 Å². The van der Waals surface area contributed by atoms with Crippen LogP contribution in [-0.2, 0) is 0 Å². The van der Waals surface area contributed by atoms with Gasteiger partial charge in [0.25, 0.3) is 0 Å². The fourth-order valence-corrected chi connectivity index (χ4v) is 2.97. The predicted octanol–water partition coefficient (Wildman–Crippen LogP) is 6.74. The normalized spacial score (nSPS) is 17.5. The first-order valence-electron chi connectivity index (χ1n) is 8.40. The molecule has 0 saturated heterocycles. The van der Waals surface area contributed by atoms with E-state index in [1.165, 1.54) is 64.2 Å². The molecule has 0 spiro atoms. The Kier molecular flexibility index (Phi) is 8.62. The van der Waals surface area contributed by atoms with E-state index in [4.69, 9.17) is 0 Å². The van der Waals surface area contributed by atoms with Crippen LogP contribution in [0.5, 0.6) is 0 Å². The minimum atomic E-state index is 1.18. The first-order valence-corrected chi connectivity index (χ1v) is 8.40. The Morgan fingerprint density at radius 2 is 1.84 bits per heavy atom. The van der Waals surface area contributed by atoms with Gasteiger partial charge in [-0.15, -0.1) is 0 Å². The second-order valence-electron chi connectivity index (χ2n) is 5.66. The van der Waals surface area contributed by atoms with E-state index in [-0.39, 0.29) is 0 Å². The molecule has 19 heavy (non-hydrogen) atoms. The van der Waals surface area contributed by atoms with Crippen molar-refractivity contribution in [2.24, 2.45) is 0 Å². The smallest absolute Gasteiger partial charge is 0.0276 e. The molecule has 1 aliphatic carbocycles. The molecule has 0 saturated carbocycles. The molecular formula is C19H32. The first kappa shape index (κ1) is 16.3. The van der Waals surface area contributed by atoms with Gasteiger partial charge >= 0.3 is 0 Å². The molecule has 0 aromatic rings. The van der Waals surface area contributed by atoms with E-state index in [2.05, 4.69) is 39.0 Å². The van der Waals surface area contributed by atoms with Crippen LogP contribution in [0, 0.1) is 0 Å². The molecule has 108 valence electrons. The van der Waals surface area contributed by atoms with Crippen LogP contribution < -0.4 is 0 Å². The van der Waals surface area contributed by atoms with E-state index in [1.54, 1.807) is 16.7 Å². The number of rotatable bonds is 8. The molecule has 0 bridgehead atoms. The fourth-order valence-electron chi connectivity index (χ4n) is 2.97. The summed E-state index contributed by atoms with van der Waals surface area (Å²) in [6, 6.07) is 0. The van der Waals surface area contributed by atoms with E-state index in [9.17, 15) is 0 Å². The van der Waals surface area contributed by atoms with Crippen LogP contribution in [0.15, 0.2) is 34.9 Å². The molecule has 0 N–H and O–H groups in total. The largest absolute Gasteiger partial charge is 0.0845 e. The molecule has 1 rings (SSSR count). The zero-order valence-corrected chi connectivity index (χ0v) is 13.3. The quantitative estimate of drug-likeness (QED) is 0.335. The molecule has 0 aliphatic heterocycles. The maximum atomic E-state index is 2.38. The van der Waals surface area contributed by atoms with Crippen molar-refractivity contribution in [2.75, 3.05) is 0 Å². The maximum Gasteiger partial charge on any atom is -0.0276 e. The molecule has 0 aromatic heterocycles. The molecule has 0 atom stereocenters. The Morgan fingerprint density at radius 1 is 1.05 bits per heavy atom. The molecule has 0 heteroatoms. The number of hydrogen-bond donors (Lipinski definition) is 0. The summed E-state index contributed by atoms with van der Waals surface area (Å²) in [6.07, 6.45) is 20.1. The molecule has 0 radical (unpaired) electrons. The van der Waals surface area contributed by atoms with Gasteiger partial charge in [-0.05, 0) is 56.1 Å². The van der Waals surface area contributed by atoms with Crippen molar-refractivity contribution in [2.45, 2.75) is 85.0 Å². The van der Waals surface area contributed by atoms with E-state index in [1.807, 2.05) is 0 Å². The van der Waals surface area contributed by atoms with Crippen LogP contribution in [0.25, 0.3) is 0 Å². The lowest BCUT2D eigenvalue weighted by molar-refractivity contribution is 0.644. The zero-order chi connectivity index (χ0) is 13.9. The predicted molar refractivity (Wildman–Crippen MR) is 87.4 cm³/mol. The van der Waals surface area contributed by atoms with Gasteiger partial charge in [0.2, 0.25) is 0 Å². The molecule has 0 heterocycles. The van der Waals surface area contributed by atoms with Crippen molar-refractivity contribution in [3.05, 3.63) is 34.9 Å². The SMILES string of the molecule is CCCC/C=C/C=C(\CC)C1=C(CCC)CCCC1. The van der Waals surface area contributed by atoms with Crippen LogP contribution in [0.4, 0.5) is 0 Å². The van der Waals surface area contributed by atoms with Gasteiger partial charge < -0.3 is 0 Å². The van der Waals surface area contributed by atoms with Gasteiger partial charge in [0, 0.05) is 0 Å². The van der Waals surface area contributed by atoms with Gasteiger partial charge in [0.1, 0.15) is 0 Å². The van der Waals surface area contributed by atoms with Crippen LogP contribution in [0.2, 0.25) is 0 Å². The standard InChI is InChI=1S/C19H32/c1-4-7-8-9-10-14-17(6-3)19-16-12-11-15-18(19)13-5-2/h9-10,14H,4-8,11-13,15-16H2,1-3H3/b10-9+,17-14+. The summed E-state index contributed by atoms with van der Waals surface area (Å²) in [6.45, 7) is 6.86. The highest BCUT2D eigenvalue weighted by molar-refractivity contribution is 5.38. The molecule has 0 amide bonds. The third-order valence-electron chi connectivity index (χ3n) is 4.06. The van der Waals surface area contributed by atoms with Gasteiger partial charge in [-0.1, -0.05) is 63.8 Å². The Morgan fingerprint density at radius 3 is 2.53 bits per heavy atom. The van der Waals surface area contributed by atoms with Gasteiger partial charge in [-0.25, -0.2) is 0 Å². The second-order valence-corrected chi connectivity index (χ2v) is 5.66. The van der Waals surface area contributed by atoms with E-state index >= 15 is 0 Å². The lowest BCUT2D eigenvalue weighted by Crippen LogP contribution is -2.02. The topological polar surface area (TPSA) is 0 Å². The van der Waals surface area contributed by atoms with Crippen molar-refractivity contribution < 1.29 is 0 Å². The summed E-state index contributed by atoms with van der Waals surface area (Å²) in [5, 5.41) is 0. The molecule has 1 aliphatic rings. The van der Waals surface area contributed by atoms with Crippen LogP contribution in [0.1, 0.15) is 85.0 Å². The molecule has 0 aromatic carbocycles. The average Bonchev–Trinajstić information content (AvgIpc) is 2.44. The highest BCUT2D eigenvalue weighted by Gasteiger charge is 2.14.